The summed E-state index contributed by atoms with van der Waals surface area (Å²) in [5.41, 5.74) is -3.62. The van der Waals surface area contributed by atoms with Crippen LogP contribution in [-0.4, -0.2) is 9.13 Å². The molecule has 2 aliphatic carbocycles. The molecule has 2 fully saturated rings. The first-order valence-corrected chi connectivity index (χ1v) is 10.7. The summed E-state index contributed by atoms with van der Waals surface area (Å²) in [7, 11) is 0. The summed E-state index contributed by atoms with van der Waals surface area (Å²) in [5, 5.41) is -2.80. The molecular weight excluding hydrogens is 394 g/mol. The highest BCUT2D eigenvalue weighted by atomic mass is 19.1. The van der Waals surface area contributed by atoms with Crippen molar-refractivity contribution < 1.29 is 8.78 Å². The molecule has 0 atom stereocenters. The van der Waals surface area contributed by atoms with Crippen molar-refractivity contribution in [3.8, 4) is 0 Å². The Morgan fingerprint density at radius 1 is 0.500 bits per heavy atom. The summed E-state index contributed by atoms with van der Waals surface area (Å²) in [6.07, 6.45) is 7.61. The topological polar surface area (TPSA) is 78.1 Å². The van der Waals surface area contributed by atoms with E-state index in [0.717, 1.165) is 47.7 Å². The molecule has 0 N–H and O–H groups in total. The highest BCUT2D eigenvalue weighted by molar-refractivity contribution is 5.99. The first-order valence-electron chi connectivity index (χ1n) is 10.7. The van der Waals surface area contributed by atoms with Crippen LogP contribution in [0.15, 0.2) is 19.2 Å². The van der Waals surface area contributed by atoms with Crippen LogP contribution in [-0.2, 0) is 0 Å². The van der Waals surface area contributed by atoms with Crippen LogP contribution in [0.25, 0.3) is 21.5 Å². The lowest BCUT2D eigenvalue weighted by Gasteiger charge is -2.21. The van der Waals surface area contributed by atoms with Gasteiger partial charge in [-0.3, -0.25) is 28.3 Å². The Morgan fingerprint density at radius 2 is 0.767 bits per heavy atom. The average molecular weight is 416 g/mol. The SMILES string of the molecule is O=c1c2c(F)c3c(=O)n(C4CCCCC4)c(=O)c3c(F)c2c(=O)n1C1CCCCC1. The third-order valence-electron chi connectivity index (χ3n) is 6.99. The van der Waals surface area contributed by atoms with Crippen molar-refractivity contribution in [1.82, 2.24) is 9.13 Å². The molecule has 0 saturated heterocycles. The molecule has 0 bridgehead atoms. The van der Waals surface area contributed by atoms with Gasteiger partial charge in [0.1, 0.15) is 0 Å². The van der Waals surface area contributed by atoms with Gasteiger partial charge in [0.25, 0.3) is 22.2 Å². The second-order valence-electron chi connectivity index (χ2n) is 8.67. The molecule has 0 unspecified atom stereocenters. The fraction of sp³-hybridized carbons (Fsp3) is 0.545. The van der Waals surface area contributed by atoms with Crippen molar-refractivity contribution in [3.63, 3.8) is 0 Å². The molecule has 0 radical (unpaired) electrons. The third kappa shape index (κ3) is 2.51. The Balaban J connectivity index is 1.85. The van der Waals surface area contributed by atoms with Crippen LogP contribution in [0.4, 0.5) is 8.78 Å². The number of hydrogen-bond acceptors (Lipinski definition) is 4. The zero-order valence-corrected chi connectivity index (χ0v) is 16.5. The summed E-state index contributed by atoms with van der Waals surface area (Å²) >= 11 is 0. The van der Waals surface area contributed by atoms with Crippen LogP contribution in [0, 0.1) is 11.6 Å². The summed E-state index contributed by atoms with van der Waals surface area (Å²) < 4.78 is 32.7. The number of fused-ring (bicyclic) bond motifs is 2. The van der Waals surface area contributed by atoms with Gasteiger partial charge < -0.3 is 0 Å². The zero-order chi connectivity index (χ0) is 21.2. The van der Waals surface area contributed by atoms with E-state index in [9.17, 15) is 19.2 Å². The van der Waals surface area contributed by atoms with Crippen LogP contribution < -0.4 is 22.2 Å². The predicted octanol–water partition coefficient (Wildman–Crippen LogP) is 3.20. The molecule has 2 saturated carbocycles. The molecule has 2 aliphatic rings. The normalized spacial score (nSPS) is 19.3. The van der Waals surface area contributed by atoms with Gasteiger partial charge in [-0.05, 0) is 25.7 Å². The van der Waals surface area contributed by atoms with Crippen LogP contribution in [0.5, 0.6) is 0 Å². The monoisotopic (exact) mass is 416 g/mol. The van der Waals surface area contributed by atoms with Gasteiger partial charge >= 0.3 is 0 Å². The minimum Gasteiger partial charge on any atom is -0.271 e. The molecule has 8 heteroatoms. The van der Waals surface area contributed by atoms with E-state index in [0.29, 0.717) is 25.7 Å². The van der Waals surface area contributed by atoms with Gasteiger partial charge in [-0.15, -0.1) is 0 Å². The second kappa shape index (κ2) is 6.96. The van der Waals surface area contributed by atoms with E-state index in [4.69, 9.17) is 0 Å². The Bertz CT molecular complexity index is 1180. The Hall–Kier alpha value is -2.64. The summed E-state index contributed by atoms with van der Waals surface area (Å²) in [6.45, 7) is 0. The van der Waals surface area contributed by atoms with Crippen LogP contribution in [0.2, 0.25) is 0 Å². The average Bonchev–Trinajstić information content (AvgIpc) is 3.17. The first-order chi connectivity index (χ1) is 14.4. The highest BCUT2D eigenvalue weighted by Gasteiger charge is 2.33. The van der Waals surface area contributed by atoms with Crippen molar-refractivity contribution in [2.75, 3.05) is 0 Å². The molecule has 2 heterocycles. The van der Waals surface area contributed by atoms with Gasteiger partial charge in [-0.2, -0.15) is 0 Å². The van der Waals surface area contributed by atoms with Gasteiger partial charge in [-0.25, -0.2) is 8.78 Å². The van der Waals surface area contributed by atoms with E-state index in [-0.39, 0.29) is 0 Å². The van der Waals surface area contributed by atoms with Crippen molar-refractivity contribution in [2.45, 2.75) is 76.3 Å². The molecule has 3 aromatic rings. The van der Waals surface area contributed by atoms with Gasteiger partial charge in [0.2, 0.25) is 0 Å². The standard InChI is InChI=1S/C22H22F2N2O4/c23-17-13-14(20(28)25(19(13)27)11-7-3-1-4-8-11)18(24)16-15(17)21(29)26(22(16)30)12-9-5-2-6-10-12/h11-12H,1-10H2. The minimum absolute atomic E-state index is 0.412. The fourth-order valence-corrected chi connectivity index (χ4v) is 5.50. The maximum Gasteiger partial charge on any atom is 0.264 e. The number of benzene rings is 1. The molecule has 1 aromatic carbocycles. The highest BCUT2D eigenvalue weighted by Crippen LogP contribution is 2.31. The molecule has 0 amide bonds. The number of halogens is 2. The second-order valence-corrected chi connectivity index (χ2v) is 8.67. The number of hydrogen-bond donors (Lipinski definition) is 0. The maximum absolute atomic E-state index is 15.4. The molecule has 5 rings (SSSR count). The van der Waals surface area contributed by atoms with E-state index < -0.39 is 67.5 Å². The van der Waals surface area contributed by atoms with Crippen molar-refractivity contribution in [3.05, 3.63) is 53.0 Å². The third-order valence-corrected chi connectivity index (χ3v) is 6.99. The Kier molecular flexibility index (Phi) is 4.48. The van der Waals surface area contributed by atoms with Crippen molar-refractivity contribution in [2.24, 2.45) is 0 Å². The summed E-state index contributed by atoms with van der Waals surface area (Å²) in [6, 6.07) is -0.824. The summed E-state index contributed by atoms with van der Waals surface area (Å²) in [4.78, 5) is 51.8. The molecule has 6 nitrogen and oxygen atoms in total. The van der Waals surface area contributed by atoms with E-state index in [1.54, 1.807) is 0 Å². The fourth-order valence-electron chi connectivity index (χ4n) is 5.50. The number of nitrogens with zero attached hydrogens (tertiary/aromatic N) is 2. The zero-order valence-electron chi connectivity index (χ0n) is 16.5. The minimum atomic E-state index is -1.24. The quantitative estimate of drug-likeness (QED) is 0.643. The summed E-state index contributed by atoms with van der Waals surface area (Å²) in [5.74, 6) is -2.48. The van der Waals surface area contributed by atoms with E-state index in [2.05, 4.69) is 0 Å². The number of rotatable bonds is 2. The molecule has 158 valence electrons. The Labute approximate surface area is 169 Å². The number of aromatic nitrogens is 2. The predicted molar refractivity (Wildman–Crippen MR) is 109 cm³/mol. The first kappa shape index (κ1) is 19.3. The lowest BCUT2D eigenvalue weighted by Crippen LogP contribution is -2.32. The van der Waals surface area contributed by atoms with Crippen LogP contribution in [0.3, 0.4) is 0 Å². The van der Waals surface area contributed by atoms with E-state index >= 15 is 8.78 Å². The van der Waals surface area contributed by atoms with E-state index in [1.807, 2.05) is 0 Å². The van der Waals surface area contributed by atoms with Gasteiger partial charge in [0.15, 0.2) is 11.6 Å². The van der Waals surface area contributed by atoms with Crippen LogP contribution in [0.1, 0.15) is 76.3 Å². The molecule has 2 aromatic heterocycles. The molecule has 0 aliphatic heterocycles. The molecule has 0 spiro atoms. The van der Waals surface area contributed by atoms with Gasteiger partial charge in [0, 0.05) is 12.1 Å². The maximum atomic E-state index is 15.4. The van der Waals surface area contributed by atoms with Crippen molar-refractivity contribution >= 4 is 21.5 Å². The van der Waals surface area contributed by atoms with Gasteiger partial charge in [-0.1, -0.05) is 38.5 Å². The largest absolute Gasteiger partial charge is 0.271 e. The van der Waals surface area contributed by atoms with Crippen molar-refractivity contribution in [1.29, 1.82) is 0 Å². The lowest BCUT2D eigenvalue weighted by molar-refractivity contribution is 0.343. The van der Waals surface area contributed by atoms with Crippen LogP contribution >= 0.6 is 0 Å². The van der Waals surface area contributed by atoms with Gasteiger partial charge in [0.05, 0.1) is 21.5 Å². The smallest absolute Gasteiger partial charge is 0.264 e. The lowest BCUT2D eigenvalue weighted by atomic mass is 9.95. The Morgan fingerprint density at radius 3 is 1.03 bits per heavy atom. The molecular formula is C22H22F2N2O4. The molecule has 30 heavy (non-hydrogen) atoms. The van der Waals surface area contributed by atoms with E-state index in [1.165, 1.54) is 0 Å².